The van der Waals surface area contributed by atoms with Gasteiger partial charge in [-0.25, -0.2) is 4.79 Å². The van der Waals surface area contributed by atoms with Crippen molar-refractivity contribution in [3.05, 3.63) is 0 Å². The maximum Gasteiger partial charge on any atom is 0.320 e. The van der Waals surface area contributed by atoms with E-state index in [9.17, 15) is 14.4 Å². The average molecular weight is 297 g/mol. The van der Waals surface area contributed by atoms with Crippen molar-refractivity contribution in [2.24, 2.45) is 11.8 Å². The van der Waals surface area contributed by atoms with Crippen LogP contribution in [0.1, 0.15) is 20.3 Å². The summed E-state index contributed by atoms with van der Waals surface area (Å²) in [7, 11) is 0. The van der Waals surface area contributed by atoms with Crippen molar-refractivity contribution < 1.29 is 19.5 Å². The fraction of sp³-hybridized carbons (Fsp3) is 0.786. The van der Waals surface area contributed by atoms with E-state index in [0.717, 1.165) is 6.42 Å². The molecule has 2 aliphatic heterocycles. The number of urea groups is 1. The normalized spacial score (nSPS) is 21.5. The summed E-state index contributed by atoms with van der Waals surface area (Å²) in [4.78, 5) is 39.9. The lowest BCUT2D eigenvalue weighted by atomic mass is 9.87. The molecule has 2 heterocycles. The second-order valence-corrected chi connectivity index (χ2v) is 5.92. The molecule has 1 N–H and O–H groups in total. The molecule has 21 heavy (non-hydrogen) atoms. The third kappa shape index (κ3) is 3.46. The monoisotopic (exact) mass is 297 g/mol. The first-order valence-electron chi connectivity index (χ1n) is 7.42. The van der Waals surface area contributed by atoms with Crippen LogP contribution in [0.15, 0.2) is 0 Å². The van der Waals surface area contributed by atoms with E-state index >= 15 is 0 Å². The van der Waals surface area contributed by atoms with Crippen molar-refractivity contribution in [1.82, 2.24) is 14.7 Å². The van der Waals surface area contributed by atoms with Gasteiger partial charge in [-0.2, -0.15) is 0 Å². The molecule has 3 amide bonds. The van der Waals surface area contributed by atoms with Gasteiger partial charge in [-0.05, 0) is 6.42 Å². The molecule has 118 valence electrons. The SMILES string of the molecule is CC(=O)N1CCCN(C(=O)N2CC(C(C)C(=O)O)C2)CC1. The van der Waals surface area contributed by atoms with Crippen molar-refractivity contribution in [1.29, 1.82) is 0 Å². The molecule has 2 fully saturated rings. The number of hydrogen-bond donors (Lipinski definition) is 1. The van der Waals surface area contributed by atoms with Crippen LogP contribution in [0.5, 0.6) is 0 Å². The zero-order chi connectivity index (χ0) is 15.6. The van der Waals surface area contributed by atoms with Gasteiger partial charge in [0, 0.05) is 52.1 Å². The minimum Gasteiger partial charge on any atom is -0.481 e. The number of amides is 3. The summed E-state index contributed by atoms with van der Waals surface area (Å²) >= 11 is 0. The smallest absolute Gasteiger partial charge is 0.320 e. The molecule has 0 bridgehead atoms. The Morgan fingerprint density at radius 3 is 2.14 bits per heavy atom. The van der Waals surface area contributed by atoms with Gasteiger partial charge in [-0.15, -0.1) is 0 Å². The Bertz CT molecular complexity index is 434. The number of carbonyl (C=O) groups excluding carboxylic acids is 2. The van der Waals surface area contributed by atoms with E-state index in [0.29, 0.717) is 39.3 Å². The fourth-order valence-electron chi connectivity index (χ4n) is 2.81. The van der Waals surface area contributed by atoms with Crippen LogP contribution in [-0.4, -0.2) is 77.0 Å². The predicted octanol–water partition coefficient (Wildman–Crippen LogP) is 0.313. The highest BCUT2D eigenvalue weighted by Gasteiger charge is 2.38. The molecule has 7 nitrogen and oxygen atoms in total. The van der Waals surface area contributed by atoms with Crippen molar-refractivity contribution >= 4 is 17.9 Å². The van der Waals surface area contributed by atoms with Crippen LogP contribution in [0, 0.1) is 11.8 Å². The summed E-state index contributed by atoms with van der Waals surface area (Å²) in [6.45, 7) is 6.72. The molecule has 0 aromatic rings. The van der Waals surface area contributed by atoms with Crippen LogP contribution >= 0.6 is 0 Å². The van der Waals surface area contributed by atoms with Gasteiger partial charge in [0.1, 0.15) is 0 Å². The van der Waals surface area contributed by atoms with Crippen molar-refractivity contribution in [3.8, 4) is 0 Å². The number of likely N-dealkylation sites (tertiary alicyclic amines) is 1. The average Bonchev–Trinajstić information content (AvgIpc) is 2.62. The molecule has 7 heteroatoms. The molecule has 0 radical (unpaired) electrons. The molecule has 0 aromatic carbocycles. The standard InChI is InChI=1S/C14H23N3O4/c1-10(13(19)20)12-8-17(9-12)14(21)16-5-3-4-15(6-7-16)11(2)18/h10,12H,3-9H2,1-2H3,(H,19,20). The number of hydrogen-bond acceptors (Lipinski definition) is 3. The van der Waals surface area contributed by atoms with Gasteiger partial charge in [-0.3, -0.25) is 9.59 Å². The maximum absolute atomic E-state index is 12.3. The Morgan fingerprint density at radius 2 is 1.57 bits per heavy atom. The van der Waals surface area contributed by atoms with Gasteiger partial charge in [0.15, 0.2) is 0 Å². The van der Waals surface area contributed by atoms with Crippen LogP contribution < -0.4 is 0 Å². The van der Waals surface area contributed by atoms with E-state index in [-0.39, 0.29) is 17.9 Å². The largest absolute Gasteiger partial charge is 0.481 e. The van der Waals surface area contributed by atoms with Crippen molar-refractivity contribution in [2.75, 3.05) is 39.3 Å². The molecule has 0 spiro atoms. The molecule has 0 saturated carbocycles. The molecule has 2 saturated heterocycles. The number of aliphatic carboxylic acids is 1. The van der Waals surface area contributed by atoms with E-state index < -0.39 is 11.9 Å². The molecular formula is C14H23N3O4. The fourth-order valence-corrected chi connectivity index (χ4v) is 2.81. The van der Waals surface area contributed by atoms with Crippen LogP contribution in [0.4, 0.5) is 4.79 Å². The third-order valence-corrected chi connectivity index (χ3v) is 4.49. The van der Waals surface area contributed by atoms with Gasteiger partial charge < -0.3 is 19.8 Å². The first-order chi connectivity index (χ1) is 9.90. The molecule has 0 aliphatic carbocycles. The maximum atomic E-state index is 12.3. The van der Waals surface area contributed by atoms with E-state index in [1.807, 2.05) is 0 Å². The number of nitrogens with zero attached hydrogens (tertiary/aromatic N) is 3. The second-order valence-electron chi connectivity index (χ2n) is 5.92. The van der Waals surface area contributed by atoms with Crippen molar-refractivity contribution in [3.63, 3.8) is 0 Å². The minimum atomic E-state index is -0.807. The predicted molar refractivity (Wildman–Crippen MR) is 75.7 cm³/mol. The van der Waals surface area contributed by atoms with Gasteiger partial charge in [0.2, 0.25) is 5.91 Å². The quantitative estimate of drug-likeness (QED) is 0.795. The van der Waals surface area contributed by atoms with Crippen LogP contribution in [0.3, 0.4) is 0 Å². The molecular weight excluding hydrogens is 274 g/mol. The summed E-state index contributed by atoms with van der Waals surface area (Å²) < 4.78 is 0. The van der Waals surface area contributed by atoms with E-state index in [1.165, 1.54) is 0 Å². The Kier molecular flexibility index (Phi) is 4.69. The van der Waals surface area contributed by atoms with Crippen LogP contribution in [0.25, 0.3) is 0 Å². The second kappa shape index (κ2) is 6.32. The van der Waals surface area contributed by atoms with Crippen molar-refractivity contribution in [2.45, 2.75) is 20.3 Å². The van der Waals surface area contributed by atoms with Gasteiger partial charge in [0.25, 0.3) is 0 Å². The van der Waals surface area contributed by atoms with Gasteiger partial charge >= 0.3 is 12.0 Å². The molecule has 1 atom stereocenters. The highest BCUT2D eigenvalue weighted by molar-refractivity contribution is 5.77. The number of carboxylic acid groups (broad SMARTS) is 1. The van der Waals surface area contributed by atoms with Gasteiger partial charge in [0.05, 0.1) is 5.92 Å². The van der Waals surface area contributed by atoms with Crippen LogP contribution in [0.2, 0.25) is 0 Å². The third-order valence-electron chi connectivity index (χ3n) is 4.49. The van der Waals surface area contributed by atoms with E-state index in [2.05, 4.69) is 0 Å². The lowest BCUT2D eigenvalue weighted by Crippen LogP contribution is -2.57. The highest BCUT2D eigenvalue weighted by atomic mass is 16.4. The topological polar surface area (TPSA) is 81.2 Å². The molecule has 1 unspecified atom stereocenters. The zero-order valence-electron chi connectivity index (χ0n) is 12.6. The number of rotatable bonds is 2. The number of carboxylic acids is 1. The van der Waals surface area contributed by atoms with Crippen LogP contribution in [-0.2, 0) is 9.59 Å². The summed E-state index contributed by atoms with van der Waals surface area (Å²) in [5, 5.41) is 8.96. The summed E-state index contributed by atoms with van der Waals surface area (Å²) in [5.74, 6) is -1.12. The zero-order valence-corrected chi connectivity index (χ0v) is 12.6. The number of carbonyl (C=O) groups is 3. The summed E-state index contributed by atoms with van der Waals surface area (Å²) in [6.07, 6.45) is 0.786. The minimum absolute atomic E-state index is 0.0331. The Balaban J connectivity index is 1.82. The highest BCUT2D eigenvalue weighted by Crippen LogP contribution is 2.25. The summed E-state index contributed by atoms with van der Waals surface area (Å²) in [5.41, 5.74) is 0. The molecule has 0 aromatic heterocycles. The Morgan fingerprint density at radius 1 is 1.00 bits per heavy atom. The van der Waals surface area contributed by atoms with Gasteiger partial charge in [-0.1, -0.05) is 6.92 Å². The van der Waals surface area contributed by atoms with E-state index in [4.69, 9.17) is 5.11 Å². The Hall–Kier alpha value is -1.79. The summed E-state index contributed by atoms with van der Waals surface area (Å²) in [6, 6.07) is -0.0331. The lowest BCUT2D eigenvalue weighted by molar-refractivity contribution is -0.145. The first-order valence-corrected chi connectivity index (χ1v) is 7.42. The molecule has 2 aliphatic rings. The van der Waals surface area contributed by atoms with E-state index in [1.54, 1.807) is 28.5 Å². The Labute approximate surface area is 124 Å². The first kappa shape index (κ1) is 15.6. The lowest BCUT2D eigenvalue weighted by Gasteiger charge is -2.43. The molecule has 2 rings (SSSR count).